The average Bonchev–Trinajstić information content (AvgIpc) is 3.07. The van der Waals surface area contributed by atoms with Gasteiger partial charge in [0.1, 0.15) is 0 Å². The lowest BCUT2D eigenvalue weighted by Gasteiger charge is -2.10. The predicted molar refractivity (Wildman–Crippen MR) is 145 cm³/mol. The Bertz CT molecular complexity index is 1280. The van der Waals surface area contributed by atoms with Gasteiger partial charge in [-0.15, -0.1) is 11.8 Å². The van der Waals surface area contributed by atoms with E-state index in [1.54, 1.807) is 14.2 Å². The highest BCUT2D eigenvalue weighted by atomic mass is 35.5. The van der Waals surface area contributed by atoms with Crippen LogP contribution in [0.4, 0.5) is 11.4 Å². The number of methoxy groups -OCH3 is 2. The maximum Gasteiger partial charge on any atom is 0.230 e. The van der Waals surface area contributed by atoms with Crippen LogP contribution >= 0.6 is 23.4 Å². The Kier molecular flexibility index (Phi) is 8.45. The van der Waals surface area contributed by atoms with Crippen molar-refractivity contribution in [3.05, 3.63) is 82.9 Å². The highest BCUT2D eigenvalue weighted by molar-refractivity contribution is 8.14. The minimum Gasteiger partial charge on any atom is -0.493 e. The SMILES string of the molecule is COc1ccc(CCNC(=O)CSC2=Nc3ccccc3N=C(c3cccc(Cl)c3)C2)cc1OC. The molecule has 0 atom stereocenters. The summed E-state index contributed by atoms with van der Waals surface area (Å²) in [6.07, 6.45) is 1.22. The minimum atomic E-state index is -0.0445. The van der Waals surface area contributed by atoms with Crippen molar-refractivity contribution in [2.24, 2.45) is 9.98 Å². The molecule has 1 N–H and O–H groups in total. The number of thioether (sulfide) groups is 1. The van der Waals surface area contributed by atoms with Crippen molar-refractivity contribution in [2.75, 3.05) is 26.5 Å². The van der Waals surface area contributed by atoms with Gasteiger partial charge in [-0.3, -0.25) is 9.79 Å². The summed E-state index contributed by atoms with van der Waals surface area (Å²) < 4.78 is 10.6. The van der Waals surface area contributed by atoms with E-state index in [2.05, 4.69) is 5.32 Å². The lowest BCUT2D eigenvalue weighted by molar-refractivity contribution is -0.118. The highest BCUT2D eigenvalue weighted by Crippen LogP contribution is 2.33. The van der Waals surface area contributed by atoms with E-state index in [0.717, 1.165) is 33.3 Å². The van der Waals surface area contributed by atoms with Gasteiger partial charge in [0.15, 0.2) is 11.5 Å². The zero-order valence-electron chi connectivity index (χ0n) is 19.6. The van der Waals surface area contributed by atoms with E-state index in [1.807, 2.05) is 66.7 Å². The molecule has 35 heavy (non-hydrogen) atoms. The molecule has 4 rings (SSSR count). The van der Waals surface area contributed by atoms with Crippen molar-refractivity contribution in [1.82, 2.24) is 5.32 Å². The van der Waals surface area contributed by atoms with E-state index in [9.17, 15) is 4.79 Å². The number of halogens is 1. The van der Waals surface area contributed by atoms with E-state index in [0.29, 0.717) is 35.9 Å². The lowest BCUT2D eigenvalue weighted by Crippen LogP contribution is -2.27. The molecule has 0 unspecified atom stereocenters. The molecular formula is C27H26ClN3O3S. The molecule has 0 bridgehead atoms. The van der Waals surface area contributed by atoms with Gasteiger partial charge in [0, 0.05) is 18.0 Å². The fourth-order valence-corrected chi connectivity index (χ4v) is 4.65. The van der Waals surface area contributed by atoms with E-state index >= 15 is 0 Å². The van der Waals surface area contributed by atoms with Crippen LogP contribution in [0.1, 0.15) is 17.5 Å². The molecule has 6 nitrogen and oxygen atoms in total. The Balaban J connectivity index is 1.37. The summed E-state index contributed by atoms with van der Waals surface area (Å²) in [6.45, 7) is 0.527. The zero-order chi connectivity index (χ0) is 24.6. The molecule has 0 fully saturated rings. The number of rotatable bonds is 8. The summed E-state index contributed by atoms with van der Waals surface area (Å²) >= 11 is 7.64. The monoisotopic (exact) mass is 507 g/mol. The Labute approximate surface area is 214 Å². The quantitative estimate of drug-likeness (QED) is 0.405. The first-order valence-corrected chi connectivity index (χ1v) is 12.5. The molecule has 1 aliphatic heterocycles. The Hall–Kier alpha value is -3.29. The zero-order valence-corrected chi connectivity index (χ0v) is 21.2. The predicted octanol–water partition coefficient (Wildman–Crippen LogP) is 6.00. The van der Waals surface area contributed by atoms with E-state index < -0.39 is 0 Å². The molecule has 0 aromatic heterocycles. The number of benzene rings is 3. The van der Waals surface area contributed by atoms with Crippen molar-refractivity contribution in [3.63, 3.8) is 0 Å². The van der Waals surface area contributed by atoms with Crippen molar-refractivity contribution in [3.8, 4) is 11.5 Å². The van der Waals surface area contributed by atoms with E-state index in [1.165, 1.54) is 11.8 Å². The van der Waals surface area contributed by atoms with Crippen LogP contribution < -0.4 is 14.8 Å². The number of aliphatic imine (C=N–C) groups is 2. The minimum absolute atomic E-state index is 0.0445. The molecule has 3 aromatic rings. The standard InChI is InChI=1S/C27H26ClN3O3S/c1-33-24-11-10-18(14-25(24)34-2)12-13-29-26(32)17-35-27-16-23(19-6-5-7-20(28)15-19)30-21-8-3-4-9-22(21)31-27/h3-11,14-15H,12-13,16-17H2,1-2H3,(H,29,32). The maximum atomic E-state index is 12.5. The number of carbonyl (C=O) groups excluding carboxylic acids is 1. The molecule has 0 spiro atoms. The molecule has 8 heteroatoms. The van der Waals surface area contributed by atoms with Crippen molar-refractivity contribution in [1.29, 1.82) is 0 Å². The van der Waals surface area contributed by atoms with Gasteiger partial charge >= 0.3 is 0 Å². The van der Waals surface area contributed by atoms with E-state index in [4.69, 9.17) is 31.1 Å². The third kappa shape index (κ3) is 6.65. The van der Waals surface area contributed by atoms with Gasteiger partial charge in [0.2, 0.25) is 5.91 Å². The number of nitrogens with zero attached hydrogens (tertiary/aromatic N) is 2. The number of fused-ring (bicyclic) bond motifs is 1. The van der Waals surface area contributed by atoms with Crippen LogP contribution in [0.5, 0.6) is 11.5 Å². The first-order valence-electron chi connectivity index (χ1n) is 11.2. The van der Waals surface area contributed by atoms with Crippen molar-refractivity contribution < 1.29 is 14.3 Å². The second kappa shape index (κ2) is 11.9. The fraction of sp³-hybridized carbons (Fsp3) is 0.222. The number of nitrogens with one attached hydrogen (secondary N) is 1. The molecule has 1 aliphatic rings. The number of para-hydroxylation sites is 2. The molecular weight excluding hydrogens is 482 g/mol. The van der Waals surface area contributed by atoms with Crippen LogP contribution in [0.15, 0.2) is 76.7 Å². The van der Waals surface area contributed by atoms with Crippen LogP contribution in [-0.4, -0.2) is 43.2 Å². The number of hydrogen-bond acceptors (Lipinski definition) is 6. The number of hydrogen-bond donors (Lipinski definition) is 1. The van der Waals surface area contributed by atoms with Crippen LogP contribution in [0.3, 0.4) is 0 Å². The lowest BCUT2D eigenvalue weighted by atomic mass is 10.1. The van der Waals surface area contributed by atoms with E-state index in [-0.39, 0.29) is 11.7 Å². The first-order chi connectivity index (χ1) is 17.1. The number of amides is 1. The smallest absolute Gasteiger partial charge is 0.230 e. The van der Waals surface area contributed by atoms with Crippen LogP contribution in [0.25, 0.3) is 0 Å². The normalized spacial score (nSPS) is 12.7. The second-order valence-electron chi connectivity index (χ2n) is 7.82. The summed E-state index contributed by atoms with van der Waals surface area (Å²) in [5, 5.41) is 4.48. The average molecular weight is 508 g/mol. The second-order valence-corrected chi connectivity index (χ2v) is 9.30. The Morgan fingerprint density at radius 3 is 2.49 bits per heavy atom. The first kappa shape index (κ1) is 24.8. The molecule has 0 aliphatic carbocycles. The van der Waals surface area contributed by atoms with Gasteiger partial charge in [0.25, 0.3) is 0 Å². The summed E-state index contributed by atoms with van der Waals surface area (Å²) in [5.74, 6) is 1.59. The van der Waals surface area contributed by atoms with Crippen LogP contribution in [0, 0.1) is 0 Å². The van der Waals surface area contributed by atoms with Gasteiger partial charge in [-0.1, -0.05) is 41.9 Å². The van der Waals surface area contributed by atoms with Gasteiger partial charge in [-0.25, -0.2) is 4.99 Å². The van der Waals surface area contributed by atoms with Gasteiger partial charge in [-0.05, 0) is 53.9 Å². The third-order valence-corrected chi connectivity index (χ3v) is 6.62. The Morgan fingerprint density at radius 2 is 1.74 bits per heavy atom. The van der Waals surface area contributed by atoms with Gasteiger partial charge in [0.05, 0.1) is 42.1 Å². The summed E-state index contributed by atoms with van der Waals surface area (Å²) in [5.41, 5.74) is 4.47. The van der Waals surface area contributed by atoms with Crippen molar-refractivity contribution in [2.45, 2.75) is 12.8 Å². The van der Waals surface area contributed by atoms with Crippen LogP contribution in [-0.2, 0) is 11.2 Å². The third-order valence-electron chi connectivity index (χ3n) is 5.41. The van der Waals surface area contributed by atoms with Crippen LogP contribution in [0.2, 0.25) is 5.02 Å². The molecule has 1 heterocycles. The maximum absolute atomic E-state index is 12.5. The number of ether oxygens (including phenoxy) is 2. The van der Waals surface area contributed by atoms with Crippen molar-refractivity contribution >= 4 is 51.4 Å². The molecule has 3 aromatic carbocycles. The summed E-state index contributed by atoms with van der Waals surface area (Å²) in [7, 11) is 3.22. The molecule has 1 amide bonds. The highest BCUT2D eigenvalue weighted by Gasteiger charge is 2.17. The topological polar surface area (TPSA) is 72.3 Å². The summed E-state index contributed by atoms with van der Waals surface area (Å²) in [4.78, 5) is 22.2. The fourth-order valence-electron chi connectivity index (χ4n) is 3.66. The van der Waals surface area contributed by atoms with Gasteiger partial charge < -0.3 is 14.8 Å². The molecule has 0 radical (unpaired) electrons. The number of carbonyl (C=O) groups is 1. The largest absolute Gasteiger partial charge is 0.493 e. The Morgan fingerprint density at radius 1 is 0.971 bits per heavy atom. The molecule has 0 saturated carbocycles. The molecule has 0 saturated heterocycles. The summed E-state index contributed by atoms with van der Waals surface area (Å²) in [6, 6.07) is 21.2. The molecule has 180 valence electrons. The van der Waals surface area contributed by atoms with Gasteiger partial charge in [-0.2, -0.15) is 0 Å².